The first-order valence-corrected chi connectivity index (χ1v) is 9.92. The predicted molar refractivity (Wildman–Crippen MR) is 108 cm³/mol. The largest absolute Gasteiger partial charge is 0.360 e. The van der Waals surface area contributed by atoms with Crippen LogP contribution in [-0.4, -0.2) is 61.8 Å². The lowest BCUT2D eigenvalue weighted by Gasteiger charge is -2.08. The Morgan fingerprint density at radius 3 is 2.69 bits per heavy atom. The van der Waals surface area contributed by atoms with Gasteiger partial charge < -0.3 is 20.5 Å². The van der Waals surface area contributed by atoms with Crippen LogP contribution in [0.1, 0.15) is 5.76 Å². The van der Waals surface area contributed by atoms with E-state index in [-0.39, 0.29) is 23.3 Å². The van der Waals surface area contributed by atoms with E-state index < -0.39 is 0 Å². The van der Waals surface area contributed by atoms with Crippen molar-refractivity contribution in [1.82, 2.24) is 30.7 Å². The first-order chi connectivity index (χ1) is 14.1. The van der Waals surface area contributed by atoms with Gasteiger partial charge in [-0.15, -0.1) is 11.8 Å². The fourth-order valence-corrected chi connectivity index (χ4v) is 2.96. The van der Waals surface area contributed by atoms with Crippen molar-refractivity contribution in [3.63, 3.8) is 0 Å². The Kier molecular flexibility index (Phi) is 7.16. The summed E-state index contributed by atoms with van der Waals surface area (Å²) in [6.07, 6.45) is 0. The molecule has 3 aromatic rings. The van der Waals surface area contributed by atoms with Gasteiger partial charge >= 0.3 is 0 Å². The number of rotatable bonds is 10. The second-order valence-corrected chi connectivity index (χ2v) is 6.88. The summed E-state index contributed by atoms with van der Waals surface area (Å²) in [7, 11) is 0. The van der Waals surface area contributed by atoms with E-state index in [9.17, 15) is 9.59 Å². The minimum absolute atomic E-state index is 0.142. The number of tetrazole rings is 1. The van der Waals surface area contributed by atoms with E-state index in [0.717, 1.165) is 5.69 Å². The molecule has 0 bridgehead atoms. The van der Waals surface area contributed by atoms with E-state index in [1.54, 1.807) is 17.7 Å². The molecular formula is C17H20N8O3S. The Bertz CT molecular complexity index is 943. The van der Waals surface area contributed by atoms with Crippen molar-refractivity contribution < 1.29 is 14.1 Å². The topological polar surface area (TPSA) is 140 Å². The number of aromatic nitrogens is 5. The summed E-state index contributed by atoms with van der Waals surface area (Å²) in [5, 5.41) is 23.7. The molecule has 0 radical (unpaired) electrons. The fraction of sp³-hybridized carbons (Fsp3) is 0.294. The molecule has 0 saturated heterocycles. The molecule has 0 aliphatic carbocycles. The normalized spacial score (nSPS) is 10.5. The molecule has 152 valence electrons. The van der Waals surface area contributed by atoms with Gasteiger partial charge in [0.15, 0.2) is 5.82 Å². The molecule has 0 atom stereocenters. The molecule has 3 rings (SSSR count). The van der Waals surface area contributed by atoms with Crippen LogP contribution >= 0.6 is 11.8 Å². The van der Waals surface area contributed by atoms with Crippen molar-refractivity contribution in [1.29, 1.82) is 0 Å². The van der Waals surface area contributed by atoms with Crippen LogP contribution < -0.4 is 16.0 Å². The van der Waals surface area contributed by atoms with E-state index in [4.69, 9.17) is 4.52 Å². The van der Waals surface area contributed by atoms with Gasteiger partial charge in [0.25, 0.3) is 0 Å². The Labute approximate surface area is 170 Å². The Hall–Kier alpha value is -3.41. The predicted octanol–water partition coefficient (Wildman–Crippen LogP) is 0.859. The first kappa shape index (κ1) is 20.3. The zero-order valence-electron chi connectivity index (χ0n) is 15.7. The lowest BCUT2D eigenvalue weighted by molar-refractivity contribution is -0.118. The van der Waals surface area contributed by atoms with E-state index in [0.29, 0.717) is 30.6 Å². The van der Waals surface area contributed by atoms with E-state index in [2.05, 4.69) is 36.6 Å². The summed E-state index contributed by atoms with van der Waals surface area (Å²) in [5.41, 5.74) is 0.833. The zero-order valence-corrected chi connectivity index (χ0v) is 16.5. The van der Waals surface area contributed by atoms with Crippen LogP contribution in [0.4, 0.5) is 11.8 Å². The number of hydrogen-bond acceptors (Lipinski definition) is 9. The number of thioether (sulfide) groups is 1. The lowest BCUT2D eigenvalue weighted by Crippen LogP contribution is -2.31. The number of amides is 2. The van der Waals surface area contributed by atoms with E-state index in [1.165, 1.54) is 11.8 Å². The number of carbonyl (C=O) groups excluding carboxylic acids is 2. The molecule has 0 aliphatic rings. The van der Waals surface area contributed by atoms with Gasteiger partial charge in [-0.2, -0.15) is 4.68 Å². The smallest absolute Gasteiger partial charge is 0.247 e. The van der Waals surface area contributed by atoms with Gasteiger partial charge in [0, 0.05) is 19.2 Å². The minimum atomic E-state index is -0.245. The quantitative estimate of drug-likeness (QED) is 0.410. The van der Waals surface area contributed by atoms with Crippen molar-refractivity contribution >= 4 is 35.3 Å². The van der Waals surface area contributed by atoms with Gasteiger partial charge in [-0.3, -0.25) is 9.59 Å². The molecule has 0 unspecified atom stereocenters. The summed E-state index contributed by atoms with van der Waals surface area (Å²) < 4.78 is 6.44. The number of benzene rings is 1. The van der Waals surface area contributed by atoms with Crippen LogP contribution in [0.3, 0.4) is 0 Å². The highest BCUT2D eigenvalue weighted by Crippen LogP contribution is 2.10. The summed E-state index contributed by atoms with van der Waals surface area (Å²) in [6.45, 7) is 2.58. The van der Waals surface area contributed by atoms with Crippen LogP contribution in [0.25, 0.3) is 5.69 Å². The number of nitrogens with zero attached hydrogens (tertiary/aromatic N) is 5. The third kappa shape index (κ3) is 6.31. The number of carbonyl (C=O) groups is 2. The zero-order chi connectivity index (χ0) is 20.5. The fourth-order valence-electron chi connectivity index (χ4n) is 2.31. The maximum Gasteiger partial charge on any atom is 0.247 e. The Morgan fingerprint density at radius 2 is 1.93 bits per heavy atom. The third-order valence-electron chi connectivity index (χ3n) is 3.56. The standard InChI is InChI=1S/C17H20N8O3S/c1-12-9-14(22-28-12)20-16(27)11-29-10-15(26)18-7-8-19-17-21-23-24-25(17)13-5-3-2-4-6-13/h2-6,9H,7-8,10-11H2,1H3,(H,18,26)(H,19,21,24)(H,20,22,27). The lowest BCUT2D eigenvalue weighted by atomic mass is 10.3. The second kappa shape index (κ2) is 10.2. The molecule has 29 heavy (non-hydrogen) atoms. The number of nitrogens with one attached hydrogen (secondary N) is 3. The van der Waals surface area contributed by atoms with Gasteiger partial charge in [0.1, 0.15) is 5.76 Å². The van der Waals surface area contributed by atoms with Crippen molar-refractivity contribution in [2.45, 2.75) is 6.92 Å². The molecule has 3 N–H and O–H groups in total. The molecule has 1 aromatic carbocycles. The Balaban J connectivity index is 1.31. The number of para-hydroxylation sites is 1. The monoisotopic (exact) mass is 416 g/mol. The first-order valence-electron chi connectivity index (χ1n) is 8.77. The molecule has 0 fully saturated rings. The van der Waals surface area contributed by atoms with Crippen LogP contribution in [0.2, 0.25) is 0 Å². The highest BCUT2D eigenvalue weighted by Gasteiger charge is 2.09. The molecule has 2 amide bonds. The van der Waals surface area contributed by atoms with Crippen LogP contribution in [0, 0.1) is 6.92 Å². The average molecular weight is 416 g/mol. The Morgan fingerprint density at radius 1 is 1.14 bits per heavy atom. The van der Waals surface area contributed by atoms with Gasteiger partial charge in [0.05, 0.1) is 17.2 Å². The van der Waals surface area contributed by atoms with Gasteiger partial charge in [-0.25, -0.2) is 0 Å². The van der Waals surface area contributed by atoms with Crippen molar-refractivity contribution in [3.8, 4) is 5.69 Å². The maximum atomic E-state index is 11.9. The van der Waals surface area contributed by atoms with Gasteiger partial charge in [0.2, 0.25) is 17.8 Å². The van der Waals surface area contributed by atoms with E-state index >= 15 is 0 Å². The molecule has 2 aromatic heterocycles. The molecule has 0 saturated carbocycles. The second-order valence-electron chi connectivity index (χ2n) is 5.89. The molecule has 11 nitrogen and oxygen atoms in total. The summed E-state index contributed by atoms with van der Waals surface area (Å²) in [5.74, 6) is 1.37. The van der Waals surface area contributed by atoms with Crippen LogP contribution in [-0.2, 0) is 9.59 Å². The van der Waals surface area contributed by atoms with Crippen molar-refractivity contribution in [2.24, 2.45) is 0 Å². The number of anilines is 2. The maximum absolute atomic E-state index is 11.9. The van der Waals surface area contributed by atoms with Gasteiger partial charge in [-0.05, 0) is 29.5 Å². The molecule has 2 heterocycles. The SMILES string of the molecule is Cc1cc(NC(=O)CSCC(=O)NCCNc2nnnn2-c2ccccc2)no1. The van der Waals surface area contributed by atoms with Crippen molar-refractivity contribution in [2.75, 3.05) is 35.2 Å². The molecular weight excluding hydrogens is 396 g/mol. The minimum Gasteiger partial charge on any atom is -0.360 e. The van der Waals surface area contributed by atoms with E-state index in [1.807, 2.05) is 30.3 Å². The highest BCUT2D eigenvalue weighted by molar-refractivity contribution is 8.00. The van der Waals surface area contributed by atoms with Crippen LogP contribution in [0.5, 0.6) is 0 Å². The highest BCUT2D eigenvalue weighted by atomic mass is 32.2. The van der Waals surface area contributed by atoms with Gasteiger partial charge in [-0.1, -0.05) is 28.5 Å². The molecule has 0 aliphatic heterocycles. The van der Waals surface area contributed by atoms with Crippen LogP contribution in [0.15, 0.2) is 40.9 Å². The summed E-state index contributed by atoms with van der Waals surface area (Å²) in [6, 6.07) is 11.1. The number of hydrogen-bond donors (Lipinski definition) is 3. The average Bonchev–Trinajstić information content (AvgIpc) is 3.34. The molecule has 12 heteroatoms. The summed E-state index contributed by atoms with van der Waals surface area (Å²) >= 11 is 1.21. The summed E-state index contributed by atoms with van der Waals surface area (Å²) in [4.78, 5) is 23.6. The number of aryl methyl sites for hydroxylation is 1. The third-order valence-corrected chi connectivity index (χ3v) is 4.49. The molecule has 0 spiro atoms. The van der Waals surface area contributed by atoms with Crippen molar-refractivity contribution in [3.05, 3.63) is 42.2 Å².